The Morgan fingerprint density at radius 2 is 1.93 bits per heavy atom. The summed E-state index contributed by atoms with van der Waals surface area (Å²) in [5, 5.41) is 0. The molecule has 0 amide bonds. The van der Waals surface area contributed by atoms with Crippen molar-refractivity contribution in [1.29, 1.82) is 0 Å². The highest BCUT2D eigenvalue weighted by Gasteiger charge is 2.18. The Kier molecular flexibility index (Phi) is 2.48. The third kappa shape index (κ3) is 1.63. The van der Waals surface area contributed by atoms with E-state index in [1.807, 2.05) is 0 Å². The molecule has 2 rings (SSSR count). The SMILES string of the molecule is Cc1cn(C(C)C)c(N2CCCC2)n1. The second-order valence-corrected chi connectivity index (χ2v) is 4.38. The average Bonchev–Trinajstić information content (AvgIpc) is 2.70. The Balaban J connectivity index is 2.30. The number of hydrogen-bond acceptors (Lipinski definition) is 2. The van der Waals surface area contributed by atoms with Gasteiger partial charge in [-0.05, 0) is 33.6 Å². The van der Waals surface area contributed by atoms with Crippen LogP contribution in [0.1, 0.15) is 38.4 Å². The molecule has 0 radical (unpaired) electrons. The molecule has 0 aliphatic carbocycles. The molecule has 1 aliphatic rings. The fourth-order valence-electron chi connectivity index (χ4n) is 2.03. The standard InChI is InChI=1S/C11H19N3/c1-9(2)14-8-10(3)12-11(14)13-6-4-5-7-13/h8-9H,4-7H2,1-3H3. The van der Waals surface area contributed by atoms with Crippen LogP contribution in [0, 0.1) is 6.92 Å². The van der Waals surface area contributed by atoms with E-state index in [9.17, 15) is 0 Å². The molecule has 0 aromatic carbocycles. The van der Waals surface area contributed by atoms with Gasteiger partial charge in [0.1, 0.15) is 0 Å². The molecule has 1 aromatic heterocycles. The summed E-state index contributed by atoms with van der Waals surface area (Å²) in [6, 6.07) is 0.506. The van der Waals surface area contributed by atoms with E-state index in [-0.39, 0.29) is 0 Å². The van der Waals surface area contributed by atoms with E-state index in [1.54, 1.807) is 0 Å². The zero-order chi connectivity index (χ0) is 10.1. The molecule has 0 N–H and O–H groups in total. The molecule has 0 bridgehead atoms. The van der Waals surface area contributed by atoms with Crippen molar-refractivity contribution >= 4 is 5.95 Å². The Morgan fingerprint density at radius 3 is 2.50 bits per heavy atom. The summed E-state index contributed by atoms with van der Waals surface area (Å²) in [7, 11) is 0. The van der Waals surface area contributed by atoms with Crippen LogP contribution in [0.5, 0.6) is 0 Å². The molecule has 0 unspecified atom stereocenters. The van der Waals surface area contributed by atoms with Crippen LogP contribution in [0.3, 0.4) is 0 Å². The van der Waals surface area contributed by atoms with Crippen LogP contribution in [0.25, 0.3) is 0 Å². The van der Waals surface area contributed by atoms with Gasteiger partial charge >= 0.3 is 0 Å². The first-order valence-corrected chi connectivity index (χ1v) is 5.49. The first-order valence-electron chi connectivity index (χ1n) is 5.49. The van der Waals surface area contributed by atoms with Gasteiger partial charge in [-0.2, -0.15) is 0 Å². The van der Waals surface area contributed by atoms with Gasteiger partial charge in [-0.25, -0.2) is 4.98 Å². The van der Waals surface area contributed by atoms with E-state index in [2.05, 4.69) is 41.4 Å². The molecule has 3 nitrogen and oxygen atoms in total. The molecule has 3 heteroatoms. The average molecular weight is 193 g/mol. The lowest BCUT2D eigenvalue weighted by Crippen LogP contribution is -2.22. The number of imidazole rings is 1. The van der Waals surface area contributed by atoms with Crippen molar-refractivity contribution < 1.29 is 0 Å². The number of rotatable bonds is 2. The summed E-state index contributed by atoms with van der Waals surface area (Å²) in [6.07, 6.45) is 4.77. The van der Waals surface area contributed by atoms with Gasteiger partial charge in [0, 0.05) is 25.3 Å². The van der Waals surface area contributed by atoms with Crippen molar-refractivity contribution in [2.45, 2.75) is 39.7 Å². The Hall–Kier alpha value is -0.990. The normalized spacial score (nSPS) is 17.0. The lowest BCUT2D eigenvalue weighted by Gasteiger charge is -2.20. The van der Waals surface area contributed by atoms with Gasteiger partial charge in [-0.1, -0.05) is 0 Å². The summed E-state index contributed by atoms with van der Waals surface area (Å²) in [6.45, 7) is 8.83. The topological polar surface area (TPSA) is 21.1 Å². The van der Waals surface area contributed by atoms with Crippen molar-refractivity contribution in [3.05, 3.63) is 11.9 Å². The Labute approximate surface area is 85.7 Å². The Morgan fingerprint density at radius 1 is 1.29 bits per heavy atom. The molecule has 1 aromatic rings. The highest BCUT2D eigenvalue weighted by atomic mass is 15.3. The number of hydrogen-bond donors (Lipinski definition) is 0. The van der Waals surface area contributed by atoms with E-state index in [0.717, 1.165) is 11.6 Å². The molecule has 78 valence electrons. The summed E-state index contributed by atoms with van der Waals surface area (Å²) < 4.78 is 2.28. The fraction of sp³-hybridized carbons (Fsp3) is 0.727. The van der Waals surface area contributed by atoms with E-state index in [4.69, 9.17) is 0 Å². The van der Waals surface area contributed by atoms with Gasteiger partial charge in [-0.15, -0.1) is 0 Å². The number of anilines is 1. The lowest BCUT2D eigenvalue weighted by molar-refractivity contribution is 0.592. The van der Waals surface area contributed by atoms with Crippen LogP contribution in [-0.4, -0.2) is 22.6 Å². The molecule has 0 spiro atoms. The van der Waals surface area contributed by atoms with E-state index in [0.29, 0.717) is 6.04 Å². The van der Waals surface area contributed by atoms with Crippen molar-refractivity contribution in [1.82, 2.24) is 9.55 Å². The van der Waals surface area contributed by atoms with Crippen LogP contribution in [-0.2, 0) is 0 Å². The van der Waals surface area contributed by atoms with Gasteiger partial charge in [0.15, 0.2) is 0 Å². The zero-order valence-electron chi connectivity index (χ0n) is 9.32. The van der Waals surface area contributed by atoms with Crippen LogP contribution in [0.15, 0.2) is 6.20 Å². The van der Waals surface area contributed by atoms with Crippen LogP contribution in [0.4, 0.5) is 5.95 Å². The fourth-order valence-corrected chi connectivity index (χ4v) is 2.03. The maximum atomic E-state index is 4.60. The molecule has 1 saturated heterocycles. The van der Waals surface area contributed by atoms with Crippen LogP contribution >= 0.6 is 0 Å². The largest absolute Gasteiger partial charge is 0.342 e. The zero-order valence-corrected chi connectivity index (χ0v) is 9.32. The maximum absolute atomic E-state index is 4.60. The molecule has 14 heavy (non-hydrogen) atoms. The van der Waals surface area contributed by atoms with E-state index >= 15 is 0 Å². The summed E-state index contributed by atoms with van der Waals surface area (Å²) in [4.78, 5) is 7.00. The smallest absolute Gasteiger partial charge is 0.205 e. The Bertz CT molecular complexity index is 308. The minimum atomic E-state index is 0.506. The van der Waals surface area contributed by atoms with E-state index in [1.165, 1.54) is 25.9 Å². The van der Waals surface area contributed by atoms with Crippen molar-refractivity contribution in [2.75, 3.05) is 18.0 Å². The third-order valence-corrected chi connectivity index (χ3v) is 2.78. The van der Waals surface area contributed by atoms with Crippen LogP contribution < -0.4 is 4.90 Å². The molecule has 1 aliphatic heterocycles. The minimum absolute atomic E-state index is 0.506. The third-order valence-electron chi connectivity index (χ3n) is 2.78. The molecule has 2 heterocycles. The molecule has 1 fully saturated rings. The van der Waals surface area contributed by atoms with Crippen molar-refractivity contribution in [3.8, 4) is 0 Å². The van der Waals surface area contributed by atoms with Crippen molar-refractivity contribution in [2.24, 2.45) is 0 Å². The number of aryl methyl sites for hydroxylation is 1. The van der Waals surface area contributed by atoms with Crippen molar-refractivity contribution in [3.63, 3.8) is 0 Å². The molecular weight excluding hydrogens is 174 g/mol. The van der Waals surface area contributed by atoms with Gasteiger partial charge in [0.05, 0.1) is 5.69 Å². The van der Waals surface area contributed by atoms with Gasteiger partial charge < -0.3 is 9.47 Å². The summed E-state index contributed by atoms with van der Waals surface area (Å²) in [5.74, 6) is 1.16. The molecular formula is C11H19N3. The second-order valence-electron chi connectivity index (χ2n) is 4.38. The van der Waals surface area contributed by atoms with Gasteiger partial charge in [0.2, 0.25) is 5.95 Å². The first-order chi connectivity index (χ1) is 6.68. The van der Waals surface area contributed by atoms with Crippen LogP contribution in [0.2, 0.25) is 0 Å². The predicted octanol–water partition coefficient (Wildman–Crippen LogP) is 2.37. The highest BCUT2D eigenvalue weighted by molar-refractivity contribution is 5.35. The molecule has 0 saturated carbocycles. The van der Waals surface area contributed by atoms with E-state index < -0.39 is 0 Å². The highest BCUT2D eigenvalue weighted by Crippen LogP contribution is 2.22. The summed E-state index contributed by atoms with van der Waals surface area (Å²) >= 11 is 0. The predicted molar refractivity (Wildman–Crippen MR) is 58.8 cm³/mol. The monoisotopic (exact) mass is 193 g/mol. The maximum Gasteiger partial charge on any atom is 0.205 e. The summed E-state index contributed by atoms with van der Waals surface area (Å²) in [5.41, 5.74) is 1.13. The first kappa shape index (κ1) is 9.56. The number of aromatic nitrogens is 2. The van der Waals surface area contributed by atoms with Gasteiger partial charge in [0.25, 0.3) is 0 Å². The minimum Gasteiger partial charge on any atom is -0.342 e. The van der Waals surface area contributed by atoms with Gasteiger partial charge in [-0.3, -0.25) is 0 Å². The number of nitrogens with zero attached hydrogens (tertiary/aromatic N) is 3. The lowest BCUT2D eigenvalue weighted by atomic mass is 10.4. The second kappa shape index (κ2) is 3.64. The quantitative estimate of drug-likeness (QED) is 0.719. The molecule has 0 atom stereocenters.